The third-order valence-electron chi connectivity index (χ3n) is 3.75. The lowest BCUT2D eigenvalue weighted by Crippen LogP contribution is -2.25. The Morgan fingerprint density at radius 2 is 1.95 bits per heavy atom. The maximum absolute atomic E-state index is 6.24. The minimum atomic E-state index is 0.434. The SMILES string of the molecule is CCCNC(c1ccc(-c2cccc(Cl)c2C)s1)C(C)C. The lowest BCUT2D eigenvalue weighted by atomic mass is 10.0. The van der Waals surface area contributed by atoms with Crippen LogP contribution in [-0.4, -0.2) is 6.54 Å². The Hall–Kier alpha value is -0.830. The third-order valence-corrected chi connectivity index (χ3v) is 5.36. The van der Waals surface area contributed by atoms with Crippen molar-refractivity contribution in [2.24, 2.45) is 5.92 Å². The molecule has 2 aromatic rings. The predicted octanol–water partition coefficient (Wildman–Crippen LogP) is 6.07. The topological polar surface area (TPSA) is 12.0 Å². The summed E-state index contributed by atoms with van der Waals surface area (Å²) in [6.07, 6.45) is 1.16. The molecule has 0 amide bonds. The first-order valence-corrected chi connectivity index (χ1v) is 8.82. The second kappa shape index (κ2) is 7.44. The van der Waals surface area contributed by atoms with E-state index in [1.165, 1.54) is 15.3 Å². The molecule has 21 heavy (non-hydrogen) atoms. The number of benzene rings is 1. The van der Waals surface area contributed by atoms with Gasteiger partial charge in [0, 0.05) is 20.8 Å². The fourth-order valence-electron chi connectivity index (χ4n) is 2.50. The Balaban J connectivity index is 2.29. The van der Waals surface area contributed by atoms with E-state index < -0.39 is 0 Å². The van der Waals surface area contributed by atoms with E-state index in [0.717, 1.165) is 23.6 Å². The van der Waals surface area contributed by atoms with E-state index in [2.05, 4.69) is 51.2 Å². The molecular formula is C18H24ClNS. The van der Waals surface area contributed by atoms with Crippen molar-refractivity contribution in [3.8, 4) is 10.4 Å². The van der Waals surface area contributed by atoms with Crippen LogP contribution in [0.25, 0.3) is 10.4 Å². The van der Waals surface area contributed by atoms with Crippen molar-refractivity contribution in [1.29, 1.82) is 0 Å². The average molecular weight is 322 g/mol. The highest BCUT2D eigenvalue weighted by Gasteiger charge is 2.18. The molecule has 0 spiro atoms. The van der Waals surface area contributed by atoms with E-state index in [-0.39, 0.29) is 0 Å². The van der Waals surface area contributed by atoms with Gasteiger partial charge < -0.3 is 5.32 Å². The highest BCUT2D eigenvalue weighted by atomic mass is 35.5. The summed E-state index contributed by atoms with van der Waals surface area (Å²) in [5.41, 5.74) is 2.41. The largest absolute Gasteiger partial charge is 0.309 e. The third kappa shape index (κ3) is 3.88. The lowest BCUT2D eigenvalue weighted by Gasteiger charge is -2.21. The Kier molecular flexibility index (Phi) is 5.86. The van der Waals surface area contributed by atoms with Gasteiger partial charge in [-0.15, -0.1) is 11.3 Å². The van der Waals surface area contributed by atoms with Gasteiger partial charge in [-0.25, -0.2) is 0 Å². The molecular weight excluding hydrogens is 298 g/mol. The van der Waals surface area contributed by atoms with Crippen LogP contribution < -0.4 is 5.32 Å². The number of nitrogens with one attached hydrogen (secondary N) is 1. The summed E-state index contributed by atoms with van der Waals surface area (Å²) in [4.78, 5) is 2.71. The van der Waals surface area contributed by atoms with Crippen molar-refractivity contribution in [3.05, 3.63) is 45.8 Å². The van der Waals surface area contributed by atoms with Gasteiger partial charge in [0.1, 0.15) is 0 Å². The van der Waals surface area contributed by atoms with E-state index in [1.807, 2.05) is 23.5 Å². The van der Waals surface area contributed by atoms with Crippen molar-refractivity contribution in [3.63, 3.8) is 0 Å². The molecule has 1 atom stereocenters. The van der Waals surface area contributed by atoms with E-state index in [0.29, 0.717) is 12.0 Å². The van der Waals surface area contributed by atoms with E-state index in [4.69, 9.17) is 11.6 Å². The van der Waals surface area contributed by atoms with Crippen molar-refractivity contribution < 1.29 is 0 Å². The van der Waals surface area contributed by atoms with Gasteiger partial charge in [-0.2, -0.15) is 0 Å². The molecule has 0 aliphatic carbocycles. The van der Waals surface area contributed by atoms with Gasteiger partial charge in [-0.1, -0.05) is 44.5 Å². The van der Waals surface area contributed by atoms with Gasteiger partial charge in [0.2, 0.25) is 0 Å². The highest BCUT2D eigenvalue weighted by Crippen LogP contribution is 2.37. The smallest absolute Gasteiger partial charge is 0.0441 e. The molecule has 114 valence electrons. The van der Waals surface area contributed by atoms with Crippen LogP contribution in [0.4, 0.5) is 0 Å². The molecule has 3 heteroatoms. The van der Waals surface area contributed by atoms with Crippen molar-refractivity contribution in [2.75, 3.05) is 6.54 Å². The fourth-order valence-corrected chi connectivity index (χ4v) is 4.02. The lowest BCUT2D eigenvalue weighted by molar-refractivity contribution is 0.418. The Morgan fingerprint density at radius 3 is 2.62 bits per heavy atom. The van der Waals surface area contributed by atoms with Crippen LogP contribution in [0.5, 0.6) is 0 Å². The van der Waals surface area contributed by atoms with Crippen LogP contribution in [0.3, 0.4) is 0 Å². The molecule has 1 aromatic heterocycles. The van der Waals surface area contributed by atoms with Gasteiger partial charge in [0.05, 0.1) is 0 Å². The monoisotopic (exact) mass is 321 g/mol. The molecule has 1 unspecified atom stereocenters. The summed E-state index contributed by atoms with van der Waals surface area (Å²) in [5.74, 6) is 0.587. The second-order valence-electron chi connectivity index (χ2n) is 5.79. The van der Waals surface area contributed by atoms with Crippen LogP contribution >= 0.6 is 22.9 Å². The molecule has 0 aliphatic rings. The van der Waals surface area contributed by atoms with Crippen LogP contribution in [0.1, 0.15) is 43.7 Å². The van der Waals surface area contributed by atoms with E-state index in [9.17, 15) is 0 Å². The van der Waals surface area contributed by atoms with Crippen LogP contribution in [0.15, 0.2) is 30.3 Å². The van der Waals surface area contributed by atoms with Crippen LogP contribution in [-0.2, 0) is 0 Å². The Morgan fingerprint density at radius 1 is 1.19 bits per heavy atom. The number of thiophene rings is 1. The minimum Gasteiger partial charge on any atom is -0.309 e. The molecule has 0 aliphatic heterocycles. The Bertz CT molecular complexity index is 589. The Labute approximate surface area is 137 Å². The molecule has 1 nitrogen and oxygen atoms in total. The van der Waals surface area contributed by atoms with Gasteiger partial charge in [0.15, 0.2) is 0 Å². The molecule has 0 fully saturated rings. The number of hydrogen-bond acceptors (Lipinski definition) is 2. The molecule has 1 N–H and O–H groups in total. The van der Waals surface area contributed by atoms with Gasteiger partial charge in [-0.3, -0.25) is 0 Å². The van der Waals surface area contributed by atoms with Gasteiger partial charge in [0.25, 0.3) is 0 Å². The van der Waals surface area contributed by atoms with Crippen molar-refractivity contribution >= 4 is 22.9 Å². The molecule has 2 rings (SSSR count). The predicted molar refractivity (Wildman–Crippen MR) is 95.4 cm³/mol. The zero-order valence-corrected chi connectivity index (χ0v) is 14.8. The van der Waals surface area contributed by atoms with Crippen LogP contribution in [0.2, 0.25) is 5.02 Å². The van der Waals surface area contributed by atoms with Crippen LogP contribution in [0, 0.1) is 12.8 Å². The first kappa shape index (κ1) is 16.5. The molecule has 0 saturated heterocycles. The summed E-state index contributed by atoms with van der Waals surface area (Å²) in [7, 11) is 0. The fraction of sp³-hybridized carbons (Fsp3) is 0.444. The molecule has 1 aromatic carbocycles. The van der Waals surface area contributed by atoms with E-state index >= 15 is 0 Å². The van der Waals surface area contributed by atoms with Gasteiger partial charge >= 0.3 is 0 Å². The number of halogens is 1. The quantitative estimate of drug-likeness (QED) is 0.680. The first-order chi connectivity index (χ1) is 10.0. The summed E-state index contributed by atoms with van der Waals surface area (Å²) >= 11 is 8.12. The maximum atomic E-state index is 6.24. The minimum absolute atomic E-state index is 0.434. The zero-order valence-electron chi connectivity index (χ0n) is 13.2. The molecule has 0 radical (unpaired) electrons. The second-order valence-corrected chi connectivity index (χ2v) is 7.31. The summed E-state index contributed by atoms with van der Waals surface area (Å²) in [6.45, 7) is 9.91. The standard InChI is InChI=1S/C18H24ClNS/c1-5-11-20-18(12(2)3)17-10-9-16(21-17)14-7-6-8-15(19)13(14)4/h6-10,12,18,20H,5,11H2,1-4H3. The maximum Gasteiger partial charge on any atom is 0.0441 e. The number of hydrogen-bond donors (Lipinski definition) is 1. The van der Waals surface area contributed by atoms with Crippen molar-refractivity contribution in [2.45, 2.75) is 40.2 Å². The van der Waals surface area contributed by atoms with Crippen molar-refractivity contribution in [1.82, 2.24) is 5.32 Å². The molecule has 0 bridgehead atoms. The first-order valence-electron chi connectivity index (χ1n) is 7.63. The zero-order chi connectivity index (χ0) is 15.4. The normalized spacial score (nSPS) is 12.9. The highest BCUT2D eigenvalue weighted by molar-refractivity contribution is 7.15. The summed E-state index contributed by atoms with van der Waals surface area (Å²) in [6, 6.07) is 11.0. The van der Waals surface area contributed by atoms with Gasteiger partial charge in [-0.05, 0) is 55.1 Å². The summed E-state index contributed by atoms with van der Waals surface area (Å²) in [5, 5.41) is 4.50. The average Bonchev–Trinajstić information content (AvgIpc) is 2.91. The van der Waals surface area contributed by atoms with E-state index in [1.54, 1.807) is 0 Å². The summed E-state index contributed by atoms with van der Waals surface area (Å²) < 4.78 is 0. The molecule has 1 heterocycles. The molecule has 0 saturated carbocycles. The number of rotatable bonds is 6.